The molecule has 2 heterocycles. The van der Waals surface area contributed by atoms with Crippen LogP contribution in [-0.4, -0.2) is 23.2 Å². The standard InChI is InChI=1S/C31H35N5/c1-24(32-2)29-16-19-35-30(23-34-22-28-11-6-17-33-21-28)31(29)36-18-7-10-25-12-14-27(15-13-25)20-26-8-4-3-5-9-26/h3-4,6,8,11-19,21,32,34H,1,5,7,9-10,20,22-23H2,2H3/b36-18+. The monoisotopic (exact) mass is 477 g/mol. The fraction of sp³-hybridized carbons (Fsp3) is 0.258. The van der Waals surface area contributed by atoms with Crippen molar-refractivity contribution in [2.24, 2.45) is 4.99 Å². The molecule has 0 unspecified atom stereocenters. The van der Waals surface area contributed by atoms with E-state index in [2.05, 4.69) is 75.7 Å². The van der Waals surface area contributed by atoms with E-state index in [9.17, 15) is 0 Å². The summed E-state index contributed by atoms with van der Waals surface area (Å²) < 4.78 is 0. The number of pyridine rings is 2. The van der Waals surface area contributed by atoms with Crippen LogP contribution in [0.25, 0.3) is 5.70 Å². The molecular weight excluding hydrogens is 442 g/mol. The molecule has 0 fully saturated rings. The highest BCUT2D eigenvalue weighted by Gasteiger charge is 2.11. The van der Waals surface area contributed by atoms with Gasteiger partial charge >= 0.3 is 0 Å². The first-order valence-corrected chi connectivity index (χ1v) is 12.6. The van der Waals surface area contributed by atoms with Crippen LogP contribution in [0.3, 0.4) is 0 Å². The molecule has 1 aliphatic carbocycles. The molecule has 3 aromatic rings. The molecule has 1 aromatic carbocycles. The summed E-state index contributed by atoms with van der Waals surface area (Å²) in [6.07, 6.45) is 19.3. The number of hydrogen-bond acceptors (Lipinski definition) is 5. The number of aryl methyl sites for hydroxylation is 1. The van der Waals surface area contributed by atoms with E-state index >= 15 is 0 Å². The lowest BCUT2D eigenvalue weighted by Crippen LogP contribution is -2.15. The van der Waals surface area contributed by atoms with Crippen molar-refractivity contribution in [3.05, 3.63) is 119 Å². The molecule has 0 aliphatic heterocycles. The minimum atomic E-state index is 0.611. The highest BCUT2D eigenvalue weighted by atomic mass is 14.9. The van der Waals surface area contributed by atoms with Crippen molar-refractivity contribution in [3.63, 3.8) is 0 Å². The topological polar surface area (TPSA) is 62.2 Å². The molecule has 2 N–H and O–H groups in total. The quantitative estimate of drug-likeness (QED) is 0.309. The molecule has 0 radical (unpaired) electrons. The number of aliphatic imine (C=N–C) groups is 1. The Balaban J connectivity index is 1.37. The van der Waals surface area contributed by atoms with Crippen LogP contribution in [0, 0.1) is 0 Å². The first-order valence-electron chi connectivity index (χ1n) is 12.6. The molecule has 0 amide bonds. The zero-order valence-corrected chi connectivity index (χ0v) is 21.1. The van der Waals surface area contributed by atoms with Crippen LogP contribution >= 0.6 is 0 Å². The fourth-order valence-corrected chi connectivity index (χ4v) is 4.25. The number of nitrogens with one attached hydrogen (secondary N) is 2. The smallest absolute Gasteiger partial charge is 0.0947 e. The zero-order valence-electron chi connectivity index (χ0n) is 21.1. The number of hydrogen-bond donors (Lipinski definition) is 2. The SMILES string of the molecule is C=C(NC)c1ccnc(CNCc2cccnc2)c1/N=C/CCc1ccc(CC2=CC=CCC2)cc1. The second kappa shape index (κ2) is 13.3. The first-order chi connectivity index (χ1) is 17.7. The van der Waals surface area contributed by atoms with E-state index in [1.54, 1.807) is 6.20 Å². The molecule has 0 saturated carbocycles. The zero-order chi connectivity index (χ0) is 25.0. The maximum Gasteiger partial charge on any atom is 0.0947 e. The Labute approximate surface area is 214 Å². The molecule has 0 bridgehead atoms. The van der Waals surface area contributed by atoms with E-state index in [-0.39, 0.29) is 0 Å². The molecule has 5 heteroatoms. The van der Waals surface area contributed by atoms with Crippen LogP contribution < -0.4 is 10.6 Å². The molecule has 184 valence electrons. The van der Waals surface area contributed by atoms with Gasteiger partial charge in [0.1, 0.15) is 0 Å². The third-order valence-electron chi connectivity index (χ3n) is 6.31. The van der Waals surface area contributed by atoms with E-state index in [0.717, 1.165) is 60.4 Å². The fourth-order valence-electron chi connectivity index (χ4n) is 4.25. The lowest BCUT2D eigenvalue weighted by atomic mass is 9.97. The molecule has 0 saturated heterocycles. The Morgan fingerprint density at radius 2 is 1.92 bits per heavy atom. The molecule has 4 rings (SSSR count). The summed E-state index contributed by atoms with van der Waals surface area (Å²) in [6, 6.07) is 15.0. The predicted molar refractivity (Wildman–Crippen MR) is 150 cm³/mol. The normalized spacial score (nSPS) is 13.1. The Morgan fingerprint density at radius 3 is 2.67 bits per heavy atom. The van der Waals surface area contributed by atoms with Crippen LogP contribution in [0.2, 0.25) is 0 Å². The number of nitrogens with zero attached hydrogens (tertiary/aromatic N) is 3. The van der Waals surface area contributed by atoms with Crippen molar-refractivity contribution >= 4 is 17.6 Å². The lowest BCUT2D eigenvalue weighted by molar-refractivity contribution is 0.678. The van der Waals surface area contributed by atoms with Crippen molar-refractivity contribution in [1.29, 1.82) is 0 Å². The number of rotatable bonds is 12. The molecule has 0 atom stereocenters. The summed E-state index contributed by atoms with van der Waals surface area (Å²) in [5.74, 6) is 0. The van der Waals surface area contributed by atoms with Crippen molar-refractivity contribution in [2.75, 3.05) is 7.05 Å². The molecule has 36 heavy (non-hydrogen) atoms. The summed E-state index contributed by atoms with van der Waals surface area (Å²) in [4.78, 5) is 13.6. The van der Waals surface area contributed by atoms with E-state index in [1.165, 1.54) is 23.1 Å². The number of allylic oxidation sites excluding steroid dienone is 4. The average Bonchev–Trinajstić information content (AvgIpc) is 2.93. The molecule has 0 spiro atoms. The highest BCUT2D eigenvalue weighted by molar-refractivity contribution is 5.76. The minimum Gasteiger partial charge on any atom is -0.388 e. The maximum atomic E-state index is 4.86. The van der Waals surface area contributed by atoms with Gasteiger partial charge in [-0.3, -0.25) is 15.0 Å². The average molecular weight is 478 g/mol. The van der Waals surface area contributed by atoms with Gasteiger partial charge in [0.2, 0.25) is 0 Å². The summed E-state index contributed by atoms with van der Waals surface area (Å²) in [5.41, 5.74) is 8.92. The summed E-state index contributed by atoms with van der Waals surface area (Å²) in [6.45, 7) is 5.48. The van der Waals surface area contributed by atoms with Crippen molar-refractivity contribution < 1.29 is 0 Å². The lowest BCUT2D eigenvalue weighted by Gasteiger charge is -2.13. The third kappa shape index (κ3) is 7.33. The van der Waals surface area contributed by atoms with Gasteiger partial charge in [-0.15, -0.1) is 0 Å². The number of benzene rings is 1. The molecule has 2 aromatic heterocycles. The van der Waals surface area contributed by atoms with Crippen LogP contribution in [-0.2, 0) is 25.9 Å². The van der Waals surface area contributed by atoms with Gasteiger partial charge in [0.15, 0.2) is 0 Å². The Hall–Kier alpha value is -3.83. The van der Waals surface area contributed by atoms with Gasteiger partial charge in [-0.25, -0.2) is 0 Å². The van der Waals surface area contributed by atoms with Crippen molar-refractivity contribution in [1.82, 2.24) is 20.6 Å². The van der Waals surface area contributed by atoms with Crippen molar-refractivity contribution in [3.8, 4) is 0 Å². The van der Waals surface area contributed by atoms with Gasteiger partial charge in [-0.2, -0.15) is 0 Å². The Bertz CT molecular complexity index is 1220. The largest absolute Gasteiger partial charge is 0.388 e. The van der Waals surface area contributed by atoms with Gasteiger partial charge in [0.25, 0.3) is 0 Å². The Kier molecular flexibility index (Phi) is 9.34. The Morgan fingerprint density at radius 1 is 1.06 bits per heavy atom. The van der Waals surface area contributed by atoms with Crippen LogP contribution in [0.1, 0.15) is 47.2 Å². The minimum absolute atomic E-state index is 0.611. The maximum absolute atomic E-state index is 4.86. The van der Waals surface area contributed by atoms with E-state index < -0.39 is 0 Å². The predicted octanol–water partition coefficient (Wildman–Crippen LogP) is 6.11. The van der Waals surface area contributed by atoms with Crippen LogP contribution in [0.15, 0.2) is 96.4 Å². The van der Waals surface area contributed by atoms with Crippen LogP contribution in [0.5, 0.6) is 0 Å². The third-order valence-corrected chi connectivity index (χ3v) is 6.31. The van der Waals surface area contributed by atoms with E-state index in [4.69, 9.17) is 4.99 Å². The first kappa shape index (κ1) is 25.3. The summed E-state index contributed by atoms with van der Waals surface area (Å²) in [5, 5.41) is 6.61. The van der Waals surface area contributed by atoms with Crippen LogP contribution in [0.4, 0.5) is 5.69 Å². The van der Waals surface area contributed by atoms with E-state index in [0.29, 0.717) is 6.54 Å². The molecular formula is C31H35N5. The van der Waals surface area contributed by atoms with Crippen molar-refractivity contribution in [2.45, 2.75) is 45.2 Å². The summed E-state index contributed by atoms with van der Waals surface area (Å²) >= 11 is 0. The molecule has 1 aliphatic rings. The van der Waals surface area contributed by atoms with Gasteiger partial charge in [-0.05, 0) is 60.9 Å². The van der Waals surface area contributed by atoms with Gasteiger partial charge in [-0.1, -0.05) is 60.7 Å². The summed E-state index contributed by atoms with van der Waals surface area (Å²) in [7, 11) is 1.88. The van der Waals surface area contributed by atoms with Gasteiger partial charge in [0.05, 0.1) is 11.4 Å². The number of aromatic nitrogens is 2. The highest BCUT2D eigenvalue weighted by Crippen LogP contribution is 2.27. The van der Waals surface area contributed by atoms with E-state index in [1.807, 2.05) is 37.8 Å². The van der Waals surface area contributed by atoms with Gasteiger partial charge in [0, 0.05) is 56.2 Å². The second-order valence-corrected chi connectivity index (χ2v) is 8.98. The second-order valence-electron chi connectivity index (χ2n) is 8.98. The van der Waals surface area contributed by atoms with Gasteiger partial charge < -0.3 is 10.6 Å². The molecule has 5 nitrogen and oxygen atoms in total.